The molecule has 0 fully saturated rings. The van der Waals surface area contributed by atoms with Crippen molar-refractivity contribution in [3.05, 3.63) is 11.5 Å². The van der Waals surface area contributed by atoms with Gasteiger partial charge in [0.25, 0.3) is 0 Å². The number of fused-ring (bicyclic) bond motifs is 1. The molecule has 0 saturated carbocycles. The molecule has 0 aliphatic carbocycles. The Balaban J connectivity index is 2.28. The van der Waals surface area contributed by atoms with Crippen molar-refractivity contribution in [2.45, 2.75) is 6.42 Å². The molecular weight excluding hydrogens is 253 g/mol. The molecule has 84 valence electrons. The number of aromatic nitrogens is 4. The second-order valence-corrected chi connectivity index (χ2v) is 3.66. The molecule has 0 unspecified atom stereocenters. The second-order valence-electron chi connectivity index (χ2n) is 2.93. The third-order valence-electron chi connectivity index (χ3n) is 1.81. The van der Waals surface area contributed by atoms with Crippen LogP contribution in [0, 0.1) is 0 Å². The number of nitrogens with zero attached hydrogens (tertiary/aromatic N) is 3. The molecule has 2 N–H and O–H groups in total. The Labute approximate surface area is 100 Å². The molecule has 16 heavy (non-hydrogen) atoms. The molecule has 0 radical (unpaired) electrons. The van der Waals surface area contributed by atoms with Crippen LogP contribution >= 0.6 is 23.2 Å². The maximum Gasteiger partial charge on any atom is 0.233 e. The summed E-state index contributed by atoms with van der Waals surface area (Å²) in [5.41, 5.74) is 0.943. The van der Waals surface area contributed by atoms with Gasteiger partial charge in [-0.25, -0.2) is 4.98 Å². The Morgan fingerprint density at radius 1 is 1.50 bits per heavy atom. The highest BCUT2D eigenvalue weighted by Gasteiger charge is 2.09. The van der Waals surface area contributed by atoms with Crippen LogP contribution in [0.5, 0.6) is 0 Å². The smallest absolute Gasteiger partial charge is 0.233 e. The average Bonchev–Trinajstić information content (AvgIpc) is 2.66. The maximum absolute atomic E-state index is 11.3. The largest absolute Gasteiger partial charge is 0.341 e. The van der Waals surface area contributed by atoms with E-state index in [1.165, 1.54) is 6.33 Å². The van der Waals surface area contributed by atoms with Gasteiger partial charge in [-0.1, -0.05) is 11.6 Å². The third-order valence-corrected chi connectivity index (χ3v) is 2.28. The van der Waals surface area contributed by atoms with Crippen LogP contribution in [-0.4, -0.2) is 31.7 Å². The summed E-state index contributed by atoms with van der Waals surface area (Å²) in [5, 5.41) is 2.69. The minimum Gasteiger partial charge on any atom is -0.341 e. The van der Waals surface area contributed by atoms with Gasteiger partial charge in [0.05, 0.1) is 6.33 Å². The summed E-state index contributed by atoms with van der Waals surface area (Å²) in [6.07, 6.45) is 1.65. The number of hydrogen-bond acceptors (Lipinski definition) is 4. The zero-order valence-electron chi connectivity index (χ0n) is 8.00. The van der Waals surface area contributed by atoms with E-state index in [0.29, 0.717) is 11.2 Å². The number of H-pyrrole nitrogens is 1. The Bertz CT molecular complexity index is 526. The van der Waals surface area contributed by atoms with Gasteiger partial charge in [-0.05, 0) is 0 Å². The second kappa shape index (κ2) is 4.63. The van der Waals surface area contributed by atoms with Gasteiger partial charge in [-0.15, -0.1) is 11.6 Å². The number of imidazole rings is 1. The summed E-state index contributed by atoms with van der Waals surface area (Å²) in [6.45, 7) is 0. The highest BCUT2D eigenvalue weighted by Crippen LogP contribution is 2.18. The lowest BCUT2D eigenvalue weighted by molar-refractivity contribution is -0.115. The van der Waals surface area contributed by atoms with Gasteiger partial charge in [0.1, 0.15) is 5.52 Å². The number of aromatic amines is 1. The van der Waals surface area contributed by atoms with Gasteiger partial charge in [0, 0.05) is 12.3 Å². The Morgan fingerprint density at radius 2 is 2.31 bits per heavy atom. The number of carbonyl (C=O) groups excluding carboxylic acids is 1. The van der Waals surface area contributed by atoms with Crippen LogP contribution in [0.2, 0.25) is 5.15 Å². The fourth-order valence-corrected chi connectivity index (χ4v) is 1.52. The van der Waals surface area contributed by atoms with E-state index < -0.39 is 0 Å². The standard InChI is InChI=1S/C8H7Cl2N5O/c9-2-1-4(16)13-8-14-6(10)5-7(15-8)12-3-11-5/h3H,1-2H2,(H2,11,12,13,14,15,16). The maximum atomic E-state index is 11.3. The molecule has 8 heteroatoms. The molecule has 2 aromatic heterocycles. The van der Waals surface area contributed by atoms with E-state index in [1.807, 2.05) is 0 Å². The number of anilines is 1. The lowest BCUT2D eigenvalue weighted by atomic mass is 10.4. The summed E-state index contributed by atoms with van der Waals surface area (Å²) in [5.74, 6) is 0.102. The first-order valence-electron chi connectivity index (χ1n) is 4.43. The van der Waals surface area contributed by atoms with Crippen molar-refractivity contribution in [2.75, 3.05) is 11.2 Å². The molecular formula is C8H7Cl2N5O. The number of rotatable bonds is 3. The fraction of sp³-hybridized carbons (Fsp3) is 0.250. The van der Waals surface area contributed by atoms with Crippen molar-refractivity contribution in [1.29, 1.82) is 0 Å². The predicted octanol–water partition coefficient (Wildman–Crippen LogP) is 1.57. The Kier molecular flexibility index (Phi) is 3.21. The Morgan fingerprint density at radius 3 is 3.06 bits per heavy atom. The van der Waals surface area contributed by atoms with Gasteiger partial charge in [0.15, 0.2) is 10.8 Å². The first kappa shape index (κ1) is 11.1. The molecule has 0 aromatic carbocycles. The molecule has 6 nitrogen and oxygen atoms in total. The van der Waals surface area contributed by atoms with Crippen molar-refractivity contribution in [1.82, 2.24) is 19.9 Å². The molecule has 2 aromatic rings. The van der Waals surface area contributed by atoms with Crippen LogP contribution in [-0.2, 0) is 4.79 Å². The zero-order chi connectivity index (χ0) is 11.5. The normalized spacial score (nSPS) is 10.6. The van der Waals surface area contributed by atoms with Crippen LogP contribution in [0.4, 0.5) is 5.95 Å². The SMILES string of the molecule is O=C(CCCl)Nc1nc(Cl)c2[nH]cnc2n1. The Hall–Kier alpha value is -1.40. The predicted molar refractivity (Wildman–Crippen MR) is 60.7 cm³/mol. The minimum absolute atomic E-state index is 0.125. The van der Waals surface area contributed by atoms with Gasteiger partial charge in [-0.3, -0.25) is 10.1 Å². The lowest BCUT2D eigenvalue weighted by Gasteiger charge is -2.02. The minimum atomic E-state index is -0.263. The first-order chi connectivity index (χ1) is 7.70. The summed E-state index contributed by atoms with van der Waals surface area (Å²) in [4.78, 5) is 25.9. The zero-order valence-corrected chi connectivity index (χ0v) is 9.51. The molecule has 0 spiro atoms. The van der Waals surface area contributed by atoms with E-state index in [4.69, 9.17) is 23.2 Å². The van der Waals surface area contributed by atoms with E-state index in [1.54, 1.807) is 0 Å². The molecule has 0 aliphatic rings. The van der Waals surface area contributed by atoms with Crippen LogP contribution < -0.4 is 5.32 Å². The summed E-state index contributed by atoms with van der Waals surface area (Å²) in [7, 11) is 0. The number of carbonyl (C=O) groups is 1. The average molecular weight is 260 g/mol. The van der Waals surface area contributed by atoms with Crippen molar-refractivity contribution in [3.8, 4) is 0 Å². The van der Waals surface area contributed by atoms with Crippen LogP contribution in [0.15, 0.2) is 6.33 Å². The number of alkyl halides is 1. The van der Waals surface area contributed by atoms with Gasteiger partial charge in [-0.2, -0.15) is 9.97 Å². The van der Waals surface area contributed by atoms with E-state index in [2.05, 4.69) is 25.3 Å². The number of halogens is 2. The van der Waals surface area contributed by atoms with E-state index in [9.17, 15) is 4.79 Å². The number of amides is 1. The third kappa shape index (κ3) is 2.23. The van der Waals surface area contributed by atoms with Crippen molar-refractivity contribution < 1.29 is 4.79 Å². The monoisotopic (exact) mass is 259 g/mol. The molecule has 0 aliphatic heterocycles. The molecule has 0 saturated heterocycles. The lowest BCUT2D eigenvalue weighted by Crippen LogP contribution is -2.14. The molecule has 0 atom stereocenters. The highest BCUT2D eigenvalue weighted by molar-refractivity contribution is 6.33. The van der Waals surface area contributed by atoms with Gasteiger partial charge in [0.2, 0.25) is 11.9 Å². The van der Waals surface area contributed by atoms with Crippen LogP contribution in [0.25, 0.3) is 11.2 Å². The van der Waals surface area contributed by atoms with Crippen molar-refractivity contribution in [3.63, 3.8) is 0 Å². The molecule has 1 amide bonds. The molecule has 0 bridgehead atoms. The molecule has 2 rings (SSSR count). The topological polar surface area (TPSA) is 83.6 Å². The number of nitrogens with one attached hydrogen (secondary N) is 2. The summed E-state index contributed by atoms with van der Waals surface area (Å²) < 4.78 is 0. The van der Waals surface area contributed by atoms with Crippen LogP contribution in [0.3, 0.4) is 0 Å². The number of hydrogen-bond donors (Lipinski definition) is 2. The van der Waals surface area contributed by atoms with Gasteiger partial charge < -0.3 is 4.98 Å². The van der Waals surface area contributed by atoms with E-state index in [0.717, 1.165) is 0 Å². The van der Waals surface area contributed by atoms with Crippen molar-refractivity contribution >= 4 is 46.2 Å². The fourth-order valence-electron chi connectivity index (χ4n) is 1.13. The summed E-state index contributed by atoms with van der Waals surface area (Å²) in [6, 6.07) is 0. The van der Waals surface area contributed by atoms with Crippen LogP contribution in [0.1, 0.15) is 6.42 Å². The first-order valence-corrected chi connectivity index (χ1v) is 5.34. The highest BCUT2D eigenvalue weighted by atomic mass is 35.5. The quantitative estimate of drug-likeness (QED) is 0.648. The van der Waals surface area contributed by atoms with E-state index in [-0.39, 0.29) is 29.3 Å². The summed E-state index contributed by atoms with van der Waals surface area (Å²) >= 11 is 11.3. The van der Waals surface area contributed by atoms with Crippen molar-refractivity contribution in [2.24, 2.45) is 0 Å². The van der Waals surface area contributed by atoms with E-state index >= 15 is 0 Å². The van der Waals surface area contributed by atoms with Gasteiger partial charge >= 0.3 is 0 Å². The molecule has 2 heterocycles.